The molecule has 0 spiro atoms. The third kappa shape index (κ3) is 5.21. The monoisotopic (exact) mass is 451 g/mol. The van der Waals surface area contributed by atoms with E-state index in [1.807, 2.05) is 13.8 Å². The van der Waals surface area contributed by atoms with Crippen LogP contribution in [0, 0.1) is 24.4 Å². The van der Waals surface area contributed by atoms with Crippen molar-refractivity contribution >= 4 is 23.2 Å². The molecule has 0 aromatic heterocycles. The summed E-state index contributed by atoms with van der Waals surface area (Å²) >= 11 is 0. The number of rotatable bonds is 5. The van der Waals surface area contributed by atoms with Gasteiger partial charge in [0.15, 0.2) is 11.6 Å². The molecule has 0 radical (unpaired) electrons. The summed E-state index contributed by atoms with van der Waals surface area (Å²) in [5, 5.41) is 15.6. The minimum absolute atomic E-state index is 0.107. The highest BCUT2D eigenvalue weighted by atomic mass is 19.2. The highest BCUT2D eigenvalue weighted by Gasteiger charge is 2.48. The first-order chi connectivity index (χ1) is 15.0. The Balaban J connectivity index is 0.00000176. The van der Waals surface area contributed by atoms with Crippen LogP contribution in [0.2, 0.25) is 0 Å². The number of hydrogen-bond acceptors (Lipinski definition) is 4. The van der Waals surface area contributed by atoms with Gasteiger partial charge in [0.25, 0.3) is 5.91 Å². The van der Waals surface area contributed by atoms with Gasteiger partial charge in [0, 0.05) is 6.92 Å². The summed E-state index contributed by atoms with van der Waals surface area (Å²) in [6, 6.07) is 5.47. The van der Waals surface area contributed by atoms with Crippen LogP contribution in [0.5, 0.6) is 0 Å². The largest absolute Gasteiger partial charge is 0.384 e. The Bertz CT molecular complexity index is 1010. The molecule has 32 heavy (non-hydrogen) atoms. The molecule has 2 amide bonds. The Morgan fingerprint density at radius 3 is 2.28 bits per heavy atom. The van der Waals surface area contributed by atoms with Crippen molar-refractivity contribution in [2.24, 2.45) is 0 Å². The number of carbonyl (C=O) groups excluding carboxylic acids is 2. The number of aryl methyl sites for hydroxylation is 1. The van der Waals surface area contributed by atoms with Gasteiger partial charge in [-0.05, 0) is 43.7 Å². The zero-order chi connectivity index (χ0) is 24.2. The number of amides is 2. The van der Waals surface area contributed by atoms with Crippen molar-refractivity contribution in [2.75, 3.05) is 18.4 Å². The second-order valence-corrected chi connectivity index (χ2v) is 7.58. The van der Waals surface area contributed by atoms with E-state index in [2.05, 4.69) is 10.6 Å². The zero-order valence-corrected chi connectivity index (χ0v) is 18.7. The van der Waals surface area contributed by atoms with E-state index in [1.165, 1.54) is 24.0 Å². The normalized spacial score (nSPS) is 15.1. The summed E-state index contributed by atoms with van der Waals surface area (Å²) in [6.07, 6.45) is 0. The second kappa shape index (κ2) is 10.0. The first-order valence-corrected chi connectivity index (χ1v) is 10.3. The summed E-state index contributed by atoms with van der Waals surface area (Å²) in [7, 11) is 0. The SMILES string of the molecule is CC.CC(=O)NC(C)C1(O)CN(C(=O)c2ccc(F)c(F)c2Nc2ccc(C)cc2F)C1. The molecule has 3 rings (SSSR count). The smallest absolute Gasteiger partial charge is 0.256 e. The number of likely N-dealkylation sites (tertiary alicyclic amines) is 1. The maximum absolute atomic E-state index is 14.5. The molecule has 1 unspecified atom stereocenters. The molecule has 1 saturated heterocycles. The topological polar surface area (TPSA) is 81.7 Å². The molecule has 0 saturated carbocycles. The molecular weight excluding hydrogens is 423 g/mol. The van der Waals surface area contributed by atoms with Crippen LogP contribution in [0.25, 0.3) is 0 Å². The molecule has 9 heteroatoms. The fourth-order valence-electron chi connectivity index (χ4n) is 3.35. The van der Waals surface area contributed by atoms with Gasteiger partial charge in [0.05, 0.1) is 36.1 Å². The van der Waals surface area contributed by atoms with E-state index in [9.17, 15) is 27.9 Å². The molecule has 0 bridgehead atoms. The molecule has 2 aromatic rings. The highest BCUT2D eigenvalue weighted by molar-refractivity contribution is 6.01. The standard InChI is InChI=1S/C21H22F3N3O3.C2H6/c1-11-4-7-17(16(23)8-11)26-19-14(5-6-15(22)18(19)24)20(29)27-9-21(30,10-27)12(2)25-13(3)28;1-2/h4-8,12,26,30H,9-10H2,1-3H3,(H,25,28);1-2H3. The Labute approximate surface area is 185 Å². The van der Waals surface area contributed by atoms with Crippen LogP contribution < -0.4 is 10.6 Å². The van der Waals surface area contributed by atoms with E-state index in [-0.39, 0.29) is 30.2 Å². The number of β-amino-alcohol motifs (C(OH)–C–C–N with tert-alkyl or cyclic N) is 1. The molecule has 1 fully saturated rings. The van der Waals surface area contributed by atoms with Gasteiger partial charge in [-0.3, -0.25) is 9.59 Å². The first-order valence-electron chi connectivity index (χ1n) is 10.3. The molecule has 2 aromatic carbocycles. The second-order valence-electron chi connectivity index (χ2n) is 7.58. The Kier molecular flexibility index (Phi) is 7.90. The predicted molar refractivity (Wildman–Crippen MR) is 116 cm³/mol. The van der Waals surface area contributed by atoms with Crippen LogP contribution in [-0.4, -0.2) is 46.6 Å². The summed E-state index contributed by atoms with van der Waals surface area (Å²) in [6.45, 7) is 8.38. The lowest BCUT2D eigenvalue weighted by molar-refractivity contribution is -0.128. The van der Waals surface area contributed by atoms with E-state index in [4.69, 9.17) is 0 Å². The number of halogens is 3. The summed E-state index contributed by atoms with van der Waals surface area (Å²) in [5.41, 5.74) is -1.51. The molecule has 1 heterocycles. The number of hydrogen-bond donors (Lipinski definition) is 3. The maximum Gasteiger partial charge on any atom is 0.256 e. The van der Waals surface area contributed by atoms with Gasteiger partial charge in [-0.2, -0.15) is 0 Å². The number of aliphatic hydroxyl groups is 1. The third-order valence-electron chi connectivity index (χ3n) is 5.15. The quantitative estimate of drug-likeness (QED) is 0.644. The molecule has 1 atom stereocenters. The number of carbonyl (C=O) groups is 2. The average molecular weight is 451 g/mol. The molecule has 0 aliphatic carbocycles. The Morgan fingerprint density at radius 2 is 1.72 bits per heavy atom. The summed E-state index contributed by atoms with van der Waals surface area (Å²) in [4.78, 5) is 25.3. The van der Waals surface area contributed by atoms with Gasteiger partial charge in [-0.25, -0.2) is 13.2 Å². The fourth-order valence-corrected chi connectivity index (χ4v) is 3.35. The zero-order valence-electron chi connectivity index (χ0n) is 18.7. The van der Waals surface area contributed by atoms with E-state index >= 15 is 0 Å². The van der Waals surface area contributed by atoms with E-state index in [0.717, 1.165) is 12.1 Å². The van der Waals surface area contributed by atoms with Gasteiger partial charge >= 0.3 is 0 Å². The summed E-state index contributed by atoms with van der Waals surface area (Å²) in [5.74, 6) is -4.18. The first kappa shape index (κ1) is 25.2. The van der Waals surface area contributed by atoms with Crippen molar-refractivity contribution in [2.45, 2.75) is 46.3 Å². The van der Waals surface area contributed by atoms with Crippen LogP contribution in [0.4, 0.5) is 24.5 Å². The van der Waals surface area contributed by atoms with Crippen molar-refractivity contribution in [1.29, 1.82) is 0 Å². The van der Waals surface area contributed by atoms with Crippen LogP contribution in [-0.2, 0) is 4.79 Å². The van der Waals surface area contributed by atoms with Gasteiger partial charge in [-0.1, -0.05) is 19.9 Å². The van der Waals surface area contributed by atoms with E-state index < -0.39 is 40.7 Å². The predicted octanol–water partition coefficient (Wildman–Crippen LogP) is 3.89. The molecular formula is C23H28F3N3O3. The molecule has 3 N–H and O–H groups in total. The lowest BCUT2D eigenvalue weighted by Crippen LogP contribution is -2.71. The van der Waals surface area contributed by atoms with Crippen molar-refractivity contribution in [3.05, 3.63) is 58.9 Å². The number of nitrogens with zero attached hydrogens (tertiary/aromatic N) is 1. The van der Waals surface area contributed by atoms with Gasteiger partial charge in [0.1, 0.15) is 11.4 Å². The Hall–Kier alpha value is -3.07. The van der Waals surface area contributed by atoms with E-state index in [0.29, 0.717) is 5.56 Å². The van der Waals surface area contributed by atoms with E-state index in [1.54, 1.807) is 19.9 Å². The molecule has 1 aliphatic heterocycles. The third-order valence-corrected chi connectivity index (χ3v) is 5.15. The number of nitrogens with one attached hydrogen (secondary N) is 2. The molecule has 174 valence electrons. The van der Waals surface area contributed by atoms with Gasteiger partial charge in [-0.15, -0.1) is 0 Å². The van der Waals surface area contributed by atoms with Crippen LogP contribution in [0.3, 0.4) is 0 Å². The van der Waals surface area contributed by atoms with Crippen molar-refractivity contribution < 1.29 is 27.9 Å². The van der Waals surface area contributed by atoms with Crippen molar-refractivity contribution in [3.8, 4) is 0 Å². The van der Waals surface area contributed by atoms with Crippen LogP contribution in [0.15, 0.2) is 30.3 Å². The number of benzene rings is 2. The summed E-state index contributed by atoms with van der Waals surface area (Å²) < 4.78 is 42.5. The lowest BCUT2D eigenvalue weighted by Gasteiger charge is -2.49. The van der Waals surface area contributed by atoms with Crippen LogP contribution in [0.1, 0.15) is 43.6 Å². The molecule has 6 nitrogen and oxygen atoms in total. The maximum atomic E-state index is 14.5. The molecule has 1 aliphatic rings. The average Bonchev–Trinajstić information content (AvgIpc) is 2.71. The lowest BCUT2D eigenvalue weighted by atomic mass is 9.86. The van der Waals surface area contributed by atoms with Gasteiger partial charge in [0.2, 0.25) is 5.91 Å². The van der Waals surface area contributed by atoms with Crippen LogP contribution >= 0.6 is 0 Å². The van der Waals surface area contributed by atoms with Gasteiger partial charge < -0.3 is 20.6 Å². The van der Waals surface area contributed by atoms with Crippen molar-refractivity contribution in [1.82, 2.24) is 10.2 Å². The minimum Gasteiger partial charge on any atom is -0.384 e. The minimum atomic E-state index is -1.34. The number of anilines is 2. The fraction of sp³-hybridized carbons (Fsp3) is 0.391. The highest BCUT2D eigenvalue weighted by Crippen LogP contribution is 2.32. The Morgan fingerprint density at radius 1 is 1.09 bits per heavy atom. The van der Waals surface area contributed by atoms with Crippen molar-refractivity contribution in [3.63, 3.8) is 0 Å².